The summed E-state index contributed by atoms with van der Waals surface area (Å²) in [6, 6.07) is 0.00986. The fourth-order valence-electron chi connectivity index (χ4n) is 3.80. The van der Waals surface area contributed by atoms with E-state index in [9.17, 15) is 4.79 Å². The quantitative estimate of drug-likeness (QED) is 0.875. The van der Waals surface area contributed by atoms with Crippen LogP contribution in [-0.4, -0.2) is 46.5 Å². The summed E-state index contributed by atoms with van der Waals surface area (Å²) < 4.78 is 7.29. The van der Waals surface area contributed by atoms with Crippen LogP contribution in [0.3, 0.4) is 0 Å². The highest BCUT2D eigenvalue weighted by atomic mass is 16.5. The van der Waals surface area contributed by atoms with E-state index >= 15 is 0 Å². The van der Waals surface area contributed by atoms with Gasteiger partial charge in [-0.05, 0) is 33.1 Å². The zero-order chi connectivity index (χ0) is 17.0. The molecule has 0 aliphatic carbocycles. The maximum absolute atomic E-state index is 12.7. The Balaban J connectivity index is 2.07. The van der Waals surface area contributed by atoms with E-state index in [4.69, 9.17) is 4.74 Å². The number of carbonyl (C=O) groups is 1. The number of likely N-dealkylation sites (tertiary alicyclic amines) is 1. The van der Waals surface area contributed by atoms with Crippen molar-refractivity contribution in [2.45, 2.75) is 58.5 Å². The maximum Gasteiger partial charge on any atom is 0.318 e. The standard InChI is InChI=1S/C17H30N4O2/c1-6-8-17(12-23-5)9-7-10-21(17)16(22)18-11-15-13(2)19-20(4)14(15)3/h6-12H2,1-5H3,(H,18,22)/t17-/m0/s1. The van der Waals surface area contributed by atoms with Gasteiger partial charge in [0.25, 0.3) is 0 Å². The number of amides is 2. The van der Waals surface area contributed by atoms with Crippen molar-refractivity contribution >= 4 is 6.03 Å². The van der Waals surface area contributed by atoms with Gasteiger partial charge in [-0.2, -0.15) is 5.10 Å². The number of hydrogen-bond acceptors (Lipinski definition) is 3. The van der Waals surface area contributed by atoms with Crippen molar-refractivity contribution in [2.24, 2.45) is 7.05 Å². The van der Waals surface area contributed by atoms with Crippen molar-refractivity contribution in [3.8, 4) is 0 Å². The summed E-state index contributed by atoms with van der Waals surface area (Å²) in [7, 11) is 3.65. The molecule has 23 heavy (non-hydrogen) atoms. The Labute approximate surface area is 139 Å². The van der Waals surface area contributed by atoms with Gasteiger partial charge in [0.2, 0.25) is 0 Å². The molecule has 1 aliphatic heterocycles. The van der Waals surface area contributed by atoms with Gasteiger partial charge in [0, 0.05) is 38.5 Å². The van der Waals surface area contributed by atoms with Crippen molar-refractivity contribution in [2.75, 3.05) is 20.3 Å². The third-order valence-electron chi connectivity index (χ3n) is 5.05. The summed E-state index contributed by atoms with van der Waals surface area (Å²) in [5.41, 5.74) is 3.03. The molecule has 6 nitrogen and oxygen atoms in total. The monoisotopic (exact) mass is 322 g/mol. The molecule has 1 N–H and O–H groups in total. The van der Waals surface area contributed by atoms with E-state index < -0.39 is 0 Å². The maximum atomic E-state index is 12.7. The Hall–Kier alpha value is -1.56. The Bertz CT molecular complexity index is 547. The minimum absolute atomic E-state index is 0.00986. The number of nitrogens with one attached hydrogen (secondary N) is 1. The number of carbonyl (C=O) groups excluding carboxylic acids is 1. The number of methoxy groups -OCH3 is 1. The van der Waals surface area contributed by atoms with Crippen molar-refractivity contribution in [3.05, 3.63) is 17.0 Å². The molecule has 130 valence electrons. The van der Waals surface area contributed by atoms with Gasteiger partial charge in [0.1, 0.15) is 0 Å². The molecule has 0 spiro atoms. The first-order valence-electron chi connectivity index (χ1n) is 8.48. The van der Waals surface area contributed by atoms with Gasteiger partial charge in [0.15, 0.2) is 0 Å². The molecule has 0 unspecified atom stereocenters. The van der Waals surface area contributed by atoms with Gasteiger partial charge >= 0.3 is 6.03 Å². The number of aryl methyl sites for hydroxylation is 2. The highest BCUT2D eigenvalue weighted by Crippen LogP contribution is 2.34. The highest BCUT2D eigenvalue weighted by molar-refractivity contribution is 5.75. The van der Waals surface area contributed by atoms with Gasteiger partial charge < -0.3 is 15.0 Å². The molecule has 1 saturated heterocycles. The molecule has 2 heterocycles. The average Bonchev–Trinajstić information content (AvgIpc) is 3.00. The van der Waals surface area contributed by atoms with Crippen LogP contribution in [-0.2, 0) is 18.3 Å². The predicted molar refractivity (Wildman–Crippen MR) is 90.4 cm³/mol. The molecule has 0 saturated carbocycles. The number of urea groups is 1. The van der Waals surface area contributed by atoms with Crippen molar-refractivity contribution < 1.29 is 9.53 Å². The van der Waals surface area contributed by atoms with Gasteiger partial charge in [-0.25, -0.2) is 4.79 Å². The van der Waals surface area contributed by atoms with Crippen LogP contribution in [0.1, 0.15) is 49.6 Å². The van der Waals surface area contributed by atoms with E-state index in [1.807, 2.05) is 30.5 Å². The van der Waals surface area contributed by atoms with Crippen LogP contribution >= 0.6 is 0 Å². The van der Waals surface area contributed by atoms with E-state index in [-0.39, 0.29) is 11.6 Å². The van der Waals surface area contributed by atoms with Gasteiger partial charge in [-0.3, -0.25) is 4.68 Å². The SMILES string of the molecule is CCC[C@@]1(COC)CCCN1C(=O)NCc1c(C)nn(C)c1C. The summed E-state index contributed by atoms with van der Waals surface area (Å²) in [5.74, 6) is 0. The Morgan fingerprint density at radius 1 is 1.43 bits per heavy atom. The number of ether oxygens (including phenoxy) is 1. The lowest BCUT2D eigenvalue weighted by atomic mass is 9.91. The lowest BCUT2D eigenvalue weighted by Crippen LogP contribution is -2.53. The Morgan fingerprint density at radius 2 is 2.17 bits per heavy atom. The van der Waals surface area contributed by atoms with Crippen molar-refractivity contribution in [1.29, 1.82) is 0 Å². The molecular weight excluding hydrogens is 292 g/mol. The van der Waals surface area contributed by atoms with Crippen LogP contribution in [0.25, 0.3) is 0 Å². The number of hydrogen-bond donors (Lipinski definition) is 1. The van der Waals surface area contributed by atoms with Crippen molar-refractivity contribution in [3.63, 3.8) is 0 Å². The molecule has 0 aromatic carbocycles. The van der Waals surface area contributed by atoms with Crippen LogP contribution in [0.4, 0.5) is 4.79 Å². The van der Waals surface area contributed by atoms with E-state index in [0.717, 1.165) is 49.2 Å². The highest BCUT2D eigenvalue weighted by Gasteiger charge is 2.42. The van der Waals surface area contributed by atoms with Crippen LogP contribution in [0.15, 0.2) is 0 Å². The first kappa shape index (κ1) is 17.8. The third kappa shape index (κ3) is 3.52. The minimum Gasteiger partial charge on any atom is -0.382 e. The van der Waals surface area contributed by atoms with E-state index in [0.29, 0.717) is 13.2 Å². The second kappa shape index (κ2) is 7.34. The van der Waals surface area contributed by atoms with E-state index in [2.05, 4.69) is 17.3 Å². The smallest absolute Gasteiger partial charge is 0.318 e. The minimum atomic E-state index is -0.146. The van der Waals surface area contributed by atoms with Crippen LogP contribution in [0, 0.1) is 13.8 Å². The van der Waals surface area contributed by atoms with Gasteiger partial charge in [0.05, 0.1) is 17.8 Å². The molecular formula is C17H30N4O2. The molecule has 1 aliphatic rings. The molecule has 0 bridgehead atoms. The largest absolute Gasteiger partial charge is 0.382 e. The molecule has 2 rings (SSSR count). The zero-order valence-corrected chi connectivity index (χ0v) is 15.1. The summed E-state index contributed by atoms with van der Waals surface area (Å²) in [5, 5.41) is 7.49. The van der Waals surface area contributed by atoms with Gasteiger partial charge in [-0.15, -0.1) is 0 Å². The Kier molecular flexibility index (Phi) is 5.68. The lowest BCUT2D eigenvalue weighted by Gasteiger charge is -2.38. The molecule has 0 radical (unpaired) electrons. The lowest BCUT2D eigenvalue weighted by molar-refractivity contribution is 0.0500. The number of aromatic nitrogens is 2. The molecule has 1 aromatic heterocycles. The average molecular weight is 322 g/mol. The summed E-state index contributed by atoms with van der Waals surface area (Å²) in [4.78, 5) is 14.7. The van der Waals surface area contributed by atoms with E-state index in [1.165, 1.54) is 0 Å². The second-order valence-electron chi connectivity index (χ2n) is 6.59. The summed E-state index contributed by atoms with van der Waals surface area (Å²) >= 11 is 0. The van der Waals surface area contributed by atoms with Crippen LogP contribution in [0.5, 0.6) is 0 Å². The van der Waals surface area contributed by atoms with Crippen molar-refractivity contribution in [1.82, 2.24) is 20.0 Å². The molecule has 1 aromatic rings. The fourth-order valence-corrected chi connectivity index (χ4v) is 3.80. The second-order valence-corrected chi connectivity index (χ2v) is 6.59. The van der Waals surface area contributed by atoms with Gasteiger partial charge in [-0.1, -0.05) is 13.3 Å². The topological polar surface area (TPSA) is 59.4 Å². The van der Waals surface area contributed by atoms with E-state index in [1.54, 1.807) is 7.11 Å². The Morgan fingerprint density at radius 3 is 2.74 bits per heavy atom. The molecule has 1 fully saturated rings. The zero-order valence-electron chi connectivity index (χ0n) is 15.1. The predicted octanol–water partition coefficient (Wildman–Crippen LogP) is 2.53. The summed E-state index contributed by atoms with van der Waals surface area (Å²) in [6.07, 6.45) is 4.10. The number of rotatable bonds is 6. The van der Waals surface area contributed by atoms with Crippen LogP contribution < -0.4 is 5.32 Å². The van der Waals surface area contributed by atoms with Crippen LogP contribution in [0.2, 0.25) is 0 Å². The molecule has 1 atom stereocenters. The number of nitrogens with zero attached hydrogens (tertiary/aromatic N) is 3. The molecule has 2 amide bonds. The first-order valence-corrected chi connectivity index (χ1v) is 8.48. The fraction of sp³-hybridized carbons (Fsp3) is 0.765. The normalized spacial score (nSPS) is 21.0. The third-order valence-corrected chi connectivity index (χ3v) is 5.05. The molecule has 6 heteroatoms. The first-order chi connectivity index (χ1) is 10.9. The summed E-state index contributed by atoms with van der Waals surface area (Å²) in [6.45, 7) is 8.11.